The number of carboxylic acids is 1. The van der Waals surface area contributed by atoms with Crippen LogP contribution in [0.3, 0.4) is 0 Å². The lowest BCUT2D eigenvalue weighted by Crippen LogP contribution is -2.01. The molecule has 2 heterocycles. The summed E-state index contributed by atoms with van der Waals surface area (Å²) in [5.41, 5.74) is 0.0229. The van der Waals surface area contributed by atoms with Gasteiger partial charge in [-0.3, -0.25) is 4.98 Å². The van der Waals surface area contributed by atoms with E-state index in [1.54, 1.807) is 6.20 Å². The van der Waals surface area contributed by atoms with Crippen LogP contribution in [0.4, 0.5) is 0 Å². The highest BCUT2D eigenvalue weighted by molar-refractivity contribution is 5.91. The summed E-state index contributed by atoms with van der Waals surface area (Å²) in [6.07, 6.45) is 4.35. The third kappa shape index (κ3) is 2.14. The van der Waals surface area contributed by atoms with E-state index in [9.17, 15) is 4.79 Å². The maximum Gasteiger partial charge on any atom is 0.339 e. The summed E-state index contributed by atoms with van der Waals surface area (Å²) in [6, 6.07) is 8.80. The summed E-state index contributed by atoms with van der Waals surface area (Å²) in [5, 5.41) is 18.5. The Bertz CT molecular complexity index is 784. The fourth-order valence-corrected chi connectivity index (χ4v) is 1.82. The molecule has 0 fully saturated rings. The fourth-order valence-electron chi connectivity index (χ4n) is 1.82. The van der Waals surface area contributed by atoms with E-state index in [-0.39, 0.29) is 17.2 Å². The van der Waals surface area contributed by atoms with Crippen LogP contribution in [0.2, 0.25) is 0 Å². The molecule has 0 bridgehead atoms. The molecule has 0 spiro atoms. The predicted octanol–water partition coefficient (Wildman–Crippen LogP) is 2.52. The number of aromatic nitrogens is 3. The maximum atomic E-state index is 11.1. The van der Waals surface area contributed by atoms with Gasteiger partial charge >= 0.3 is 5.97 Å². The van der Waals surface area contributed by atoms with E-state index >= 15 is 0 Å². The molecule has 98 valence electrons. The van der Waals surface area contributed by atoms with E-state index in [0.29, 0.717) is 0 Å². The summed E-state index contributed by atoms with van der Waals surface area (Å²) in [6.45, 7) is 0. The van der Waals surface area contributed by atoms with Crippen molar-refractivity contribution < 1.29 is 14.6 Å². The van der Waals surface area contributed by atoms with Crippen LogP contribution in [0.15, 0.2) is 48.9 Å². The standard InChI is InChI=1S/C14H9N3O3/c18-14(19)11-5-6-15-8-12(11)20-13-10-4-2-1-3-9(10)7-16-17-13/h1-8H,(H,18,19). The van der Waals surface area contributed by atoms with Gasteiger partial charge in [-0.15, -0.1) is 5.10 Å². The number of rotatable bonds is 3. The van der Waals surface area contributed by atoms with Crippen molar-refractivity contribution in [2.24, 2.45) is 0 Å². The number of aromatic carboxylic acids is 1. The van der Waals surface area contributed by atoms with Gasteiger partial charge in [-0.25, -0.2) is 4.79 Å². The molecule has 3 rings (SSSR count). The van der Waals surface area contributed by atoms with Crippen molar-refractivity contribution in [2.45, 2.75) is 0 Å². The van der Waals surface area contributed by atoms with E-state index in [1.807, 2.05) is 24.3 Å². The SMILES string of the molecule is O=C(O)c1ccncc1Oc1nncc2ccccc12. The van der Waals surface area contributed by atoms with Crippen molar-refractivity contribution in [1.29, 1.82) is 0 Å². The van der Waals surface area contributed by atoms with Crippen LogP contribution in [0, 0.1) is 0 Å². The number of carboxylic acid groups (broad SMARTS) is 1. The quantitative estimate of drug-likeness (QED) is 0.784. The zero-order chi connectivity index (χ0) is 13.9. The van der Waals surface area contributed by atoms with Crippen LogP contribution in [-0.4, -0.2) is 26.3 Å². The minimum Gasteiger partial charge on any atom is -0.478 e. The molecule has 0 saturated carbocycles. The number of benzene rings is 1. The summed E-state index contributed by atoms with van der Waals surface area (Å²) in [7, 11) is 0. The summed E-state index contributed by atoms with van der Waals surface area (Å²) >= 11 is 0. The Hall–Kier alpha value is -3.02. The molecule has 0 aliphatic carbocycles. The zero-order valence-electron chi connectivity index (χ0n) is 10.2. The van der Waals surface area contributed by atoms with Crippen LogP contribution in [0.5, 0.6) is 11.6 Å². The van der Waals surface area contributed by atoms with Crippen molar-refractivity contribution in [3.63, 3.8) is 0 Å². The first-order valence-electron chi connectivity index (χ1n) is 5.81. The number of ether oxygens (including phenoxy) is 1. The first kappa shape index (κ1) is 12.0. The minimum atomic E-state index is -1.09. The van der Waals surface area contributed by atoms with Gasteiger partial charge in [0, 0.05) is 17.0 Å². The topological polar surface area (TPSA) is 85.2 Å². The van der Waals surface area contributed by atoms with Gasteiger partial charge in [0.25, 0.3) is 0 Å². The van der Waals surface area contributed by atoms with Crippen LogP contribution < -0.4 is 4.74 Å². The Labute approximate surface area is 113 Å². The zero-order valence-corrected chi connectivity index (χ0v) is 10.2. The number of pyridine rings is 1. The molecule has 1 N–H and O–H groups in total. The molecule has 1 aromatic carbocycles. The highest BCUT2D eigenvalue weighted by Crippen LogP contribution is 2.28. The second kappa shape index (κ2) is 4.93. The van der Waals surface area contributed by atoms with Gasteiger partial charge < -0.3 is 9.84 Å². The number of fused-ring (bicyclic) bond motifs is 1. The average Bonchev–Trinajstić information content (AvgIpc) is 2.48. The number of hydrogen-bond donors (Lipinski definition) is 1. The molecule has 0 amide bonds. The van der Waals surface area contributed by atoms with E-state index in [1.165, 1.54) is 18.5 Å². The third-order valence-electron chi connectivity index (χ3n) is 2.76. The second-order valence-electron chi connectivity index (χ2n) is 4.02. The molecule has 2 aromatic heterocycles. The molecule has 0 unspecified atom stereocenters. The maximum absolute atomic E-state index is 11.1. The molecule has 3 aromatic rings. The monoisotopic (exact) mass is 267 g/mol. The highest BCUT2D eigenvalue weighted by Gasteiger charge is 2.13. The van der Waals surface area contributed by atoms with E-state index < -0.39 is 5.97 Å². The van der Waals surface area contributed by atoms with Gasteiger partial charge in [-0.05, 0) is 12.1 Å². The summed E-state index contributed by atoms with van der Waals surface area (Å²) < 4.78 is 5.57. The molecule has 0 aliphatic rings. The Morgan fingerprint density at radius 2 is 2.00 bits per heavy atom. The first-order chi connectivity index (χ1) is 9.75. The molecule has 0 saturated heterocycles. The first-order valence-corrected chi connectivity index (χ1v) is 5.81. The van der Waals surface area contributed by atoms with Gasteiger partial charge in [0.05, 0.1) is 12.4 Å². The molecule has 0 aliphatic heterocycles. The van der Waals surface area contributed by atoms with Crippen LogP contribution >= 0.6 is 0 Å². The number of carbonyl (C=O) groups is 1. The summed E-state index contributed by atoms with van der Waals surface area (Å²) in [5.74, 6) is -0.708. The van der Waals surface area contributed by atoms with E-state index in [2.05, 4.69) is 15.2 Å². The number of hydrogen-bond acceptors (Lipinski definition) is 5. The lowest BCUT2D eigenvalue weighted by atomic mass is 10.2. The predicted molar refractivity (Wildman–Crippen MR) is 70.8 cm³/mol. The van der Waals surface area contributed by atoms with Gasteiger partial charge in [-0.1, -0.05) is 18.2 Å². The molecular formula is C14H9N3O3. The molecule has 20 heavy (non-hydrogen) atoms. The van der Waals surface area contributed by atoms with Crippen molar-refractivity contribution in [1.82, 2.24) is 15.2 Å². The van der Waals surface area contributed by atoms with Gasteiger partial charge in [0.2, 0.25) is 5.88 Å². The van der Waals surface area contributed by atoms with E-state index in [0.717, 1.165) is 10.8 Å². The smallest absolute Gasteiger partial charge is 0.339 e. The van der Waals surface area contributed by atoms with Crippen molar-refractivity contribution in [3.8, 4) is 11.6 Å². The molecule has 0 radical (unpaired) electrons. The average molecular weight is 267 g/mol. The molecule has 0 atom stereocenters. The fraction of sp³-hybridized carbons (Fsp3) is 0. The Morgan fingerprint density at radius 3 is 2.85 bits per heavy atom. The normalized spacial score (nSPS) is 10.4. The molecular weight excluding hydrogens is 258 g/mol. The van der Waals surface area contributed by atoms with Crippen LogP contribution in [0.1, 0.15) is 10.4 Å². The van der Waals surface area contributed by atoms with Gasteiger partial charge in [-0.2, -0.15) is 5.10 Å². The third-order valence-corrected chi connectivity index (χ3v) is 2.76. The second-order valence-corrected chi connectivity index (χ2v) is 4.02. The lowest BCUT2D eigenvalue weighted by molar-refractivity contribution is 0.0694. The Morgan fingerprint density at radius 1 is 1.15 bits per heavy atom. The molecule has 6 nitrogen and oxygen atoms in total. The highest BCUT2D eigenvalue weighted by atomic mass is 16.5. The van der Waals surface area contributed by atoms with Gasteiger partial charge in [0.15, 0.2) is 5.75 Å². The van der Waals surface area contributed by atoms with Crippen LogP contribution in [0.25, 0.3) is 10.8 Å². The number of nitrogens with zero attached hydrogens (tertiary/aromatic N) is 3. The van der Waals surface area contributed by atoms with Crippen molar-refractivity contribution >= 4 is 16.7 Å². The van der Waals surface area contributed by atoms with Crippen molar-refractivity contribution in [3.05, 3.63) is 54.5 Å². The van der Waals surface area contributed by atoms with E-state index in [4.69, 9.17) is 9.84 Å². The summed E-state index contributed by atoms with van der Waals surface area (Å²) in [4.78, 5) is 15.0. The minimum absolute atomic E-state index is 0.0229. The van der Waals surface area contributed by atoms with Crippen LogP contribution in [-0.2, 0) is 0 Å². The van der Waals surface area contributed by atoms with Crippen molar-refractivity contribution in [2.75, 3.05) is 0 Å². The van der Waals surface area contributed by atoms with Gasteiger partial charge in [0.1, 0.15) is 5.56 Å². The largest absolute Gasteiger partial charge is 0.478 e. The Balaban J connectivity index is 2.08. The Kier molecular flexibility index (Phi) is 2.96. The lowest BCUT2D eigenvalue weighted by Gasteiger charge is -2.08. The molecule has 6 heteroatoms.